The highest BCUT2D eigenvalue weighted by atomic mass is 19.4. The third-order valence-electron chi connectivity index (χ3n) is 2.48. The molecule has 1 aromatic heterocycles. The Morgan fingerprint density at radius 2 is 2.11 bits per heavy atom. The number of ether oxygens (including phenoxy) is 1. The average Bonchev–Trinajstić information content (AvgIpc) is 2.72. The van der Waals surface area contributed by atoms with Crippen LogP contribution in [0.2, 0.25) is 0 Å². The summed E-state index contributed by atoms with van der Waals surface area (Å²) in [6.07, 6.45) is -5.00. The highest BCUT2D eigenvalue weighted by molar-refractivity contribution is 5.10. The fourth-order valence-electron chi connectivity index (χ4n) is 1.70. The van der Waals surface area contributed by atoms with Gasteiger partial charge >= 0.3 is 6.18 Å². The van der Waals surface area contributed by atoms with E-state index in [9.17, 15) is 13.2 Å². The molecule has 0 aliphatic rings. The number of halogens is 3. The topological polar surface area (TPSA) is 34.4 Å². The van der Waals surface area contributed by atoms with Gasteiger partial charge in [0.15, 0.2) is 0 Å². The lowest BCUT2D eigenvalue weighted by molar-refractivity contribution is -0.136. The van der Waals surface area contributed by atoms with Crippen molar-refractivity contribution >= 4 is 0 Å². The molecule has 1 unspecified atom stereocenters. The molecule has 0 amide bonds. The molecule has 1 N–H and O–H groups in total. The van der Waals surface area contributed by atoms with Crippen LogP contribution in [-0.4, -0.2) is 19.8 Å². The van der Waals surface area contributed by atoms with E-state index in [1.54, 1.807) is 12.1 Å². The lowest BCUT2D eigenvalue weighted by Gasteiger charge is -2.16. The first kappa shape index (κ1) is 15.0. The molecule has 0 fully saturated rings. The molecule has 0 saturated heterocycles. The summed E-state index contributed by atoms with van der Waals surface area (Å²) in [6, 6.07) is 3.00. The molecule has 0 aliphatic carbocycles. The van der Waals surface area contributed by atoms with Gasteiger partial charge in [0, 0.05) is 13.5 Å². The van der Waals surface area contributed by atoms with Gasteiger partial charge < -0.3 is 14.5 Å². The van der Waals surface area contributed by atoms with Crippen LogP contribution in [0.25, 0.3) is 0 Å². The van der Waals surface area contributed by atoms with Crippen LogP contribution >= 0.6 is 0 Å². The fourth-order valence-corrected chi connectivity index (χ4v) is 1.70. The average molecular weight is 265 g/mol. The first-order valence-corrected chi connectivity index (χ1v) is 5.84. The maximum Gasteiger partial charge on any atom is 0.389 e. The van der Waals surface area contributed by atoms with Gasteiger partial charge in [-0.1, -0.05) is 6.92 Å². The number of rotatable bonds is 7. The van der Waals surface area contributed by atoms with E-state index in [1.807, 2.05) is 6.92 Å². The molecular weight excluding hydrogens is 247 g/mol. The van der Waals surface area contributed by atoms with Crippen molar-refractivity contribution in [3.8, 4) is 0 Å². The molecule has 6 heteroatoms. The molecule has 3 nitrogen and oxygen atoms in total. The zero-order valence-electron chi connectivity index (χ0n) is 10.5. The molecule has 1 rings (SSSR count). The lowest BCUT2D eigenvalue weighted by atomic mass is 10.1. The van der Waals surface area contributed by atoms with Gasteiger partial charge in [-0.25, -0.2) is 0 Å². The Labute approximate surface area is 104 Å². The highest BCUT2D eigenvalue weighted by Crippen LogP contribution is 2.28. The zero-order valence-corrected chi connectivity index (χ0v) is 10.5. The molecule has 1 aromatic rings. The molecule has 0 aliphatic heterocycles. The van der Waals surface area contributed by atoms with Crippen LogP contribution in [0.1, 0.15) is 37.3 Å². The van der Waals surface area contributed by atoms with Crippen molar-refractivity contribution in [2.24, 2.45) is 0 Å². The monoisotopic (exact) mass is 265 g/mol. The number of methoxy groups -OCH3 is 1. The fraction of sp³-hybridized carbons (Fsp3) is 0.667. The van der Waals surface area contributed by atoms with Gasteiger partial charge in [-0.2, -0.15) is 13.2 Å². The minimum atomic E-state index is -4.14. The van der Waals surface area contributed by atoms with Crippen molar-refractivity contribution in [2.45, 2.75) is 38.6 Å². The molecule has 0 bridgehead atoms. The van der Waals surface area contributed by atoms with Crippen LogP contribution in [0.3, 0.4) is 0 Å². The van der Waals surface area contributed by atoms with Crippen molar-refractivity contribution in [2.75, 3.05) is 13.7 Å². The van der Waals surface area contributed by atoms with E-state index in [-0.39, 0.29) is 6.42 Å². The van der Waals surface area contributed by atoms with Crippen molar-refractivity contribution in [1.29, 1.82) is 0 Å². The summed E-state index contributed by atoms with van der Waals surface area (Å²) in [5.41, 5.74) is 0. The van der Waals surface area contributed by atoms with Crippen molar-refractivity contribution < 1.29 is 22.3 Å². The SMILES string of the molecule is CCNC(CCC(F)(F)F)c1ccc(COC)o1. The molecule has 0 spiro atoms. The van der Waals surface area contributed by atoms with Crippen molar-refractivity contribution in [1.82, 2.24) is 5.32 Å². The quantitative estimate of drug-likeness (QED) is 0.820. The van der Waals surface area contributed by atoms with E-state index in [0.717, 1.165) is 0 Å². The number of alkyl halides is 3. The molecule has 0 radical (unpaired) electrons. The van der Waals surface area contributed by atoms with Crippen LogP contribution in [0.15, 0.2) is 16.5 Å². The minimum absolute atomic E-state index is 0.0305. The maximum atomic E-state index is 12.2. The van der Waals surface area contributed by atoms with Crippen LogP contribution in [0.4, 0.5) is 13.2 Å². The summed E-state index contributed by atoms with van der Waals surface area (Å²) in [5, 5.41) is 2.99. The predicted octanol–water partition coefficient (Wildman–Crippen LogP) is 3.42. The summed E-state index contributed by atoms with van der Waals surface area (Å²) in [5.74, 6) is 1.13. The Balaban J connectivity index is 2.64. The molecule has 1 heterocycles. The summed E-state index contributed by atoms with van der Waals surface area (Å²) in [7, 11) is 1.54. The molecule has 1 atom stereocenters. The third-order valence-corrected chi connectivity index (χ3v) is 2.48. The van der Waals surface area contributed by atoms with E-state index in [1.165, 1.54) is 7.11 Å². The van der Waals surface area contributed by atoms with E-state index >= 15 is 0 Å². The van der Waals surface area contributed by atoms with E-state index in [4.69, 9.17) is 9.15 Å². The molecule has 0 aromatic carbocycles. The third kappa shape index (κ3) is 5.10. The number of hydrogen-bond donors (Lipinski definition) is 1. The maximum absolute atomic E-state index is 12.2. The van der Waals surface area contributed by atoms with Crippen LogP contribution in [0.5, 0.6) is 0 Å². The second-order valence-corrected chi connectivity index (χ2v) is 4.00. The summed E-state index contributed by atoms with van der Waals surface area (Å²) in [4.78, 5) is 0. The normalized spacial score (nSPS) is 13.8. The van der Waals surface area contributed by atoms with Crippen LogP contribution < -0.4 is 5.32 Å². The number of furan rings is 1. The Bertz CT molecular complexity index is 349. The summed E-state index contributed by atoms with van der Waals surface area (Å²) < 4.78 is 47.0. The first-order valence-electron chi connectivity index (χ1n) is 5.84. The van der Waals surface area contributed by atoms with Gasteiger partial charge in [0.1, 0.15) is 18.1 Å². The number of hydrogen-bond acceptors (Lipinski definition) is 3. The van der Waals surface area contributed by atoms with Gasteiger partial charge in [-0.15, -0.1) is 0 Å². The minimum Gasteiger partial charge on any atom is -0.462 e. The summed E-state index contributed by atoms with van der Waals surface area (Å²) in [6.45, 7) is 2.75. The largest absolute Gasteiger partial charge is 0.462 e. The van der Waals surface area contributed by atoms with Gasteiger partial charge in [0.2, 0.25) is 0 Å². The lowest BCUT2D eigenvalue weighted by Crippen LogP contribution is -2.22. The van der Waals surface area contributed by atoms with Gasteiger partial charge in [-0.3, -0.25) is 0 Å². The van der Waals surface area contributed by atoms with E-state index < -0.39 is 18.6 Å². The molecule has 104 valence electrons. The zero-order chi connectivity index (χ0) is 13.6. The predicted molar refractivity (Wildman–Crippen MR) is 61.1 cm³/mol. The van der Waals surface area contributed by atoms with Gasteiger partial charge in [-0.05, 0) is 25.1 Å². The van der Waals surface area contributed by atoms with Crippen molar-refractivity contribution in [3.05, 3.63) is 23.7 Å². The molecule has 0 saturated carbocycles. The summed E-state index contributed by atoms with van der Waals surface area (Å²) >= 11 is 0. The van der Waals surface area contributed by atoms with Gasteiger partial charge in [0.05, 0.1) is 6.04 Å². The van der Waals surface area contributed by atoms with Crippen LogP contribution in [-0.2, 0) is 11.3 Å². The van der Waals surface area contributed by atoms with E-state index in [2.05, 4.69) is 5.32 Å². The Kier molecular flexibility index (Phi) is 5.68. The second kappa shape index (κ2) is 6.80. The molecular formula is C12H18F3NO2. The van der Waals surface area contributed by atoms with E-state index in [0.29, 0.717) is 24.7 Å². The van der Waals surface area contributed by atoms with Crippen molar-refractivity contribution in [3.63, 3.8) is 0 Å². The Hall–Kier alpha value is -1.01. The first-order chi connectivity index (χ1) is 8.46. The highest BCUT2D eigenvalue weighted by Gasteiger charge is 2.29. The Morgan fingerprint density at radius 1 is 1.39 bits per heavy atom. The molecule has 18 heavy (non-hydrogen) atoms. The standard InChI is InChI=1S/C12H18F3NO2/c1-3-16-10(6-7-12(13,14)15)11-5-4-9(18-11)8-17-2/h4-5,10,16H,3,6-8H2,1-2H3. The second-order valence-electron chi connectivity index (χ2n) is 4.00. The Morgan fingerprint density at radius 3 is 2.67 bits per heavy atom. The van der Waals surface area contributed by atoms with Crippen LogP contribution in [0, 0.1) is 0 Å². The smallest absolute Gasteiger partial charge is 0.389 e. The number of nitrogens with one attached hydrogen (secondary N) is 1. The van der Waals surface area contributed by atoms with Gasteiger partial charge in [0.25, 0.3) is 0 Å².